The van der Waals surface area contributed by atoms with Crippen LogP contribution in [0.3, 0.4) is 0 Å². The Morgan fingerprint density at radius 3 is 2.39 bits per heavy atom. The van der Waals surface area contributed by atoms with Crippen LogP contribution in [0.25, 0.3) is 11.0 Å². The molecule has 0 saturated heterocycles. The average molecular weight is 496 g/mol. The summed E-state index contributed by atoms with van der Waals surface area (Å²) in [6.07, 6.45) is 4.83. The first-order valence-corrected chi connectivity index (χ1v) is 12.5. The zero-order valence-corrected chi connectivity index (χ0v) is 21.0. The number of halogens is 1. The van der Waals surface area contributed by atoms with Gasteiger partial charge in [-0.2, -0.15) is 0 Å². The molecular weight excluding hydrogens is 461 g/mol. The van der Waals surface area contributed by atoms with E-state index in [1.54, 1.807) is 36.4 Å². The molecule has 192 valence electrons. The lowest BCUT2D eigenvalue weighted by Crippen LogP contribution is -2.47. The molecule has 0 radical (unpaired) electrons. The molecule has 3 amide bonds. The monoisotopic (exact) mass is 495 g/mol. The highest BCUT2D eigenvalue weighted by molar-refractivity contribution is 5.84. The molecule has 0 aliphatic carbocycles. The fourth-order valence-corrected chi connectivity index (χ4v) is 3.82. The van der Waals surface area contributed by atoms with Gasteiger partial charge in [0.15, 0.2) is 5.43 Å². The molecule has 0 atom stereocenters. The van der Waals surface area contributed by atoms with Crippen LogP contribution < -0.4 is 10.7 Å². The Kier molecular flexibility index (Phi) is 10.0. The number of fused-ring (bicyclic) bond motifs is 1. The highest BCUT2D eigenvalue weighted by Gasteiger charge is 2.23. The summed E-state index contributed by atoms with van der Waals surface area (Å²) in [4.78, 5) is 42.4. The second kappa shape index (κ2) is 13.4. The van der Waals surface area contributed by atoms with E-state index in [0.717, 1.165) is 25.7 Å². The van der Waals surface area contributed by atoms with Crippen LogP contribution in [0, 0.1) is 5.82 Å². The number of hydrogen-bond donors (Lipinski definition) is 1. The maximum atomic E-state index is 13.5. The molecule has 0 bridgehead atoms. The predicted molar refractivity (Wildman–Crippen MR) is 138 cm³/mol. The SMILES string of the molecule is CCCCNC(=O)N(CCCC)CC(=O)N(Cc1ccc(F)cc1)Cc1coc2ccccc2c1=O. The van der Waals surface area contributed by atoms with Gasteiger partial charge in [-0.05, 0) is 42.7 Å². The number of benzene rings is 2. The van der Waals surface area contributed by atoms with Crippen molar-refractivity contribution >= 4 is 22.9 Å². The molecule has 0 saturated carbocycles. The maximum absolute atomic E-state index is 13.5. The molecule has 1 N–H and O–H groups in total. The van der Waals surface area contributed by atoms with Gasteiger partial charge in [0.25, 0.3) is 0 Å². The zero-order chi connectivity index (χ0) is 25.9. The van der Waals surface area contributed by atoms with E-state index in [-0.39, 0.29) is 42.8 Å². The Morgan fingerprint density at radius 2 is 1.67 bits per heavy atom. The van der Waals surface area contributed by atoms with E-state index in [1.165, 1.54) is 28.2 Å². The topological polar surface area (TPSA) is 82.9 Å². The smallest absolute Gasteiger partial charge is 0.317 e. The summed E-state index contributed by atoms with van der Waals surface area (Å²) in [6, 6.07) is 12.5. The van der Waals surface area contributed by atoms with E-state index in [4.69, 9.17) is 4.42 Å². The van der Waals surface area contributed by atoms with Crippen molar-refractivity contribution in [1.29, 1.82) is 0 Å². The minimum atomic E-state index is -0.374. The van der Waals surface area contributed by atoms with Gasteiger partial charge in [0.05, 0.1) is 23.8 Å². The largest absolute Gasteiger partial charge is 0.464 e. The molecule has 0 aliphatic heterocycles. The number of hydrogen-bond acceptors (Lipinski definition) is 4. The van der Waals surface area contributed by atoms with Crippen LogP contribution in [0.5, 0.6) is 0 Å². The molecule has 36 heavy (non-hydrogen) atoms. The minimum Gasteiger partial charge on any atom is -0.464 e. The van der Waals surface area contributed by atoms with E-state index in [1.807, 2.05) is 13.8 Å². The van der Waals surface area contributed by atoms with Crippen LogP contribution >= 0.6 is 0 Å². The van der Waals surface area contributed by atoms with Crippen molar-refractivity contribution in [3.63, 3.8) is 0 Å². The predicted octanol–water partition coefficient (Wildman–Crippen LogP) is 5.07. The summed E-state index contributed by atoms with van der Waals surface area (Å²) >= 11 is 0. The van der Waals surface area contributed by atoms with E-state index in [0.29, 0.717) is 35.2 Å². The molecular formula is C28H34FN3O4. The van der Waals surface area contributed by atoms with E-state index in [9.17, 15) is 18.8 Å². The second-order valence-electron chi connectivity index (χ2n) is 8.82. The molecule has 0 aliphatic rings. The summed E-state index contributed by atoms with van der Waals surface area (Å²) < 4.78 is 19.1. The normalized spacial score (nSPS) is 10.9. The van der Waals surface area contributed by atoms with Crippen LogP contribution in [-0.2, 0) is 17.9 Å². The summed E-state index contributed by atoms with van der Waals surface area (Å²) in [5.41, 5.74) is 1.30. The quantitative estimate of drug-likeness (QED) is 0.356. The summed E-state index contributed by atoms with van der Waals surface area (Å²) in [5.74, 6) is -0.685. The van der Waals surface area contributed by atoms with Gasteiger partial charge in [-0.15, -0.1) is 0 Å². The lowest BCUT2D eigenvalue weighted by Gasteiger charge is -2.28. The first-order valence-electron chi connectivity index (χ1n) is 12.5. The van der Waals surface area contributed by atoms with Crippen molar-refractivity contribution in [2.75, 3.05) is 19.6 Å². The average Bonchev–Trinajstić information content (AvgIpc) is 2.89. The fourth-order valence-electron chi connectivity index (χ4n) is 3.82. The lowest BCUT2D eigenvalue weighted by molar-refractivity contribution is -0.133. The number of para-hydroxylation sites is 1. The summed E-state index contributed by atoms with van der Waals surface area (Å²) in [5, 5.41) is 3.32. The third-order valence-electron chi connectivity index (χ3n) is 5.95. The third-order valence-corrected chi connectivity index (χ3v) is 5.95. The number of unbranched alkanes of at least 4 members (excludes halogenated alkanes) is 2. The summed E-state index contributed by atoms with van der Waals surface area (Å²) in [6.45, 7) is 5.09. The molecule has 3 aromatic rings. The van der Waals surface area contributed by atoms with Crippen LogP contribution in [0.1, 0.15) is 50.7 Å². The van der Waals surface area contributed by atoms with Crippen molar-refractivity contribution in [1.82, 2.24) is 15.1 Å². The van der Waals surface area contributed by atoms with Crippen molar-refractivity contribution < 1.29 is 18.4 Å². The van der Waals surface area contributed by atoms with Gasteiger partial charge in [0.1, 0.15) is 17.9 Å². The van der Waals surface area contributed by atoms with Crippen molar-refractivity contribution in [2.45, 2.75) is 52.6 Å². The van der Waals surface area contributed by atoms with Crippen LogP contribution in [0.4, 0.5) is 9.18 Å². The first kappa shape index (κ1) is 26.9. The van der Waals surface area contributed by atoms with Gasteiger partial charge in [0, 0.05) is 19.6 Å². The number of carbonyl (C=O) groups is 2. The molecule has 0 fully saturated rings. The number of rotatable bonds is 12. The molecule has 2 aromatic carbocycles. The highest BCUT2D eigenvalue weighted by Crippen LogP contribution is 2.15. The second-order valence-corrected chi connectivity index (χ2v) is 8.82. The minimum absolute atomic E-state index is 0.00243. The number of amides is 3. The van der Waals surface area contributed by atoms with E-state index < -0.39 is 0 Å². The Labute approximate surface area is 210 Å². The summed E-state index contributed by atoms with van der Waals surface area (Å²) in [7, 11) is 0. The van der Waals surface area contributed by atoms with E-state index in [2.05, 4.69) is 5.32 Å². The maximum Gasteiger partial charge on any atom is 0.317 e. The standard InChI is InChI=1S/C28H34FN3O4/c1-3-5-15-30-28(35)31(16-6-4-2)19-26(33)32(17-21-11-13-23(29)14-12-21)18-22-20-36-25-10-8-7-9-24(25)27(22)34/h7-14,20H,3-6,15-19H2,1-2H3,(H,30,35). The van der Waals surface area contributed by atoms with E-state index >= 15 is 0 Å². The number of urea groups is 1. The van der Waals surface area contributed by atoms with Crippen molar-refractivity contribution in [2.24, 2.45) is 0 Å². The van der Waals surface area contributed by atoms with Gasteiger partial charge in [0.2, 0.25) is 5.91 Å². The molecule has 3 rings (SSSR count). The van der Waals surface area contributed by atoms with Gasteiger partial charge in [-0.25, -0.2) is 9.18 Å². The fraction of sp³-hybridized carbons (Fsp3) is 0.393. The lowest BCUT2D eigenvalue weighted by atomic mass is 10.1. The Balaban J connectivity index is 1.85. The Morgan fingerprint density at radius 1 is 0.944 bits per heavy atom. The molecule has 0 unspecified atom stereocenters. The zero-order valence-electron chi connectivity index (χ0n) is 21.0. The molecule has 1 heterocycles. The van der Waals surface area contributed by atoms with Gasteiger partial charge >= 0.3 is 6.03 Å². The Bertz CT molecular complexity index is 1210. The van der Waals surface area contributed by atoms with Crippen LogP contribution in [0.2, 0.25) is 0 Å². The molecule has 7 nitrogen and oxygen atoms in total. The van der Waals surface area contributed by atoms with Gasteiger partial charge < -0.3 is 19.5 Å². The number of carbonyl (C=O) groups excluding carboxylic acids is 2. The van der Waals surface area contributed by atoms with Crippen LogP contribution in [-0.4, -0.2) is 41.4 Å². The van der Waals surface area contributed by atoms with Crippen LogP contribution in [0.15, 0.2) is 64.0 Å². The molecule has 8 heteroatoms. The first-order chi connectivity index (χ1) is 17.4. The Hall–Kier alpha value is -3.68. The van der Waals surface area contributed by atoms with Crippen molar-refractivity contribution in [3.8, 4) is 0 Å². The van der Waals surface area contributed by atoms with Gasteiger partial charge in [-0.1, -0.05) is 51.0 Å². The molecule has 0 spiro atoms. The van der Waals surface area contributed by atoms with Crippen molar-refractivity contribution in [3.05, 3.63) is 82.0 Å². The molecule has 1 aromatic heterocycles. The highest BCUT2D eigenvalue weighted by atomic mass is 19.1. The van der Waals surface area contributed by atoms with Gasteiger partial charge in [-0.3, -0.25) is 9.59 Å². The number of nitrogens with zero attached hydrogens (tertiary/aromatic N) is 2. The number of nitrogens with one attached hydrogen (secondary N) is 1. The third kappa shape index (κ3) is 7.41.